The van der Waals surface area contributed by atoms with Gasteiger partial charge in [0.15, 0.2) is 11.6 Å². The van der Waals surface area contributed by atoms with E-state index in [1.165, 1.54) is 24.3 Å². The molecule has 0 fully saturated rings. The molecule has 2 N–H and O–H groups in total. The van der Waals surface area contributed by atoms with Crippen LogP contribution < -0.4 is 15.4 Å². The Kier molecular flexibility index (Phi) is 8.88. The number of hydrogen-bond donors (Lipinski definition) is 2. The molecule has 0 radical (unpaired) electrons. The molecule has 0 unspecified atom stereocenters. The van der Waals surface area contributed by atoms with Crippen molar-refractivity contribution in [1.29, 1.82) is 0 Å². The maximum atomic E-state index is 14.0. The van der Waals surface area contributed by atoms with E-state index in [2.05, 4.69) is 10.6 Å². The highest BCUT2D eigenvalue weighted by Gasteiger charge is 2.08. The van der Waals surface area contributed by atoms with E-state index in [9.17, 15) is 13.6 Å². The largest absolute Gasteiger partial charge is 0.486 e. The Labute approximate surface area is 152 Å². The van der Waals surface area contributed by atoms with Crippen molar-refractivity contribution in [1.82, 2.24) is 5.32 Å². The van der Waals surface area contributed by atoms with Gasteiger partial charge in [0.2, 0.25) is 5.91 Å². The van der Waals surface area contributed by atoms with Crippen molar-refractivity contribution in [2.75, 3.05) is 18.9 Å². The first kappa shape index (κ1) is 20.9. The molecule has 1 amide bonds. The molecule has 4 nitrogen and oxygen atoms in total. The van der Waals surface area contributed by atoms with Gasteiger partial charge in [-0.25, -0.2) is 8.78 Å². The zero-order chi connectivity index (χ0) is 17.4. The summed E-state index contributed by atoms with van der Waals surface area (Å²) < 4.78 is 32.5. The fourth-order valence-electron chi connectivity index (χ4n) is 2.13. The summed E-state index contributed by atoms with van der Waals surface area (Å²) in [5.41, 5.74) is 0.983. The molecule has 0 saturated carbocycles. The summed E-state index contributed by atoms with van der Waals surface area (Å²) in [6.07, 6.45) is 1.07. The number of benzene rings is 2. The first-order valence-electron chi connectivity index (χ1n) is 7.69. The summed E-state index contributed by atoms with van der Waals surface area (Å²) in [4.78, 5) is 11.7. The highest BCUT2D eigenvalue weighted by Crippen LogP contribution is 2.22. The van der Waals surface area contributed by atoms with Crippen molar-refractivity contribution < 1.29 is 18.3 Å². The van der Waals surface area contributed by atoms with Gasteiger partial charge in [0, 0.05) is 18.2 Å². The molecule has 2 rings (SSSR count). The first-order chi connectivity index (χ1) is 11.6. The minimum atomic E-state index is -0.584. The van der Waals surface area contributed by atoms with E-state index in [1.807, 2.05) is 7.05 Å². The molecule has 0 aromatic heterocycles. The molecule has 0 aliphatic carbocycles. The van der Waals surface area contributed by atoms with Crippen LogP contribution in [0.5, 0.6) is 5.75 Å². The average Bonchev–Trinajstić information content (AvgIpc) is 2.54. The zero-order valence-electron chi connectivity index (χ0n) is 13.9. The predicted octanol–water partition coefficient (Wildman–Crippen LogP) is 3.90. The zero-order valence-corrected chi connectivity index (χ0v) is 14.7. The number of ether oxygens (including phenoxy) is 1. The number of amides is 1. The van der Waals surface area contributed by atoms with Crippen LogP contribution in [0.3, 0.4) is 0 Å². The van der Waals surface area contributed by atoms with Gasteiger partial charge in [-0.15, -0.1) is 12.4 Å². The lowest BCUT2D eigenvalue weighted by molar-refractivity contribution is -0.116. The van der Waals surface area contributed by atoms with Gasteiger partial charge in [-0.3, -0.25) is 4.79 Å². The van der Waals surface area contributed by atoms with Crippen molar-refractivity contribution in [3.63, 3.8) is 0 Å². The van der Waals surface area contributed by atoms with Gasteiger partial charge in [0.1, 0.15) is 12.4 Å². The monoisotopic (exact) mass is 370 g/mol. The van der Waals surface area contributed by atoms with Crippen molar-refractivity contribution in [3.8, 4) is 5.75 Å². The summed E-state index contributed by atoms with van der Waals surface area (Å²) in [5.74, 6) is -1.07. The third-order valence-electron chi connectivity index (χ3n) is 3.33. The molecule has 0 saturated heterocycles. The Morgan fingerprint density at radius 2 is 1.96 bits per heavy atom. The summed E-state index contributed by atoms with van der Waals surface area (Å²) in [6.45, 7) is 0.805. The molecule has 0 aliphatic heterocycles. The molecule has 2 aromatic rings. The normalized spacial score (nSPS) is 10.0. The summed E-state index contributed by atoms with van der Waals surface area (Å²) in [6, 6.07) is 10.1. The van der Waals surface area contributed by atoms with Crippen LogP contribution in [0, 0.1) is 11.6 Å². The second-order valence-corrected chi connectivity index (χ2v) is 5.32. The number of hydrogen-bond acceptors (Lipinski definition) is 3. The molecule has 0 bridgehead atoms. The number of carbonyl (C=O) groups excluding carboxylic acids is 1. The number of halogens is 3. The lowest BCUT2D eigenvalue weighted by atomic mass is 10.2. The van der Waals surface area contributed by atoms with Gasteiger partial charge in [-0.2, -0.15) is 0 Å². The predicted molar refractivity (Wildman–Crippen MR) is 96.2 cm³/mol. The highest BCUT2D eigenvalue weighted by atomic mass is 35.5. The first-order valence-corrected chi connectivity index (χ1v) is 7.69. The van der Waals surface area contributed by atoms with E-state index in [0.29, 0.717) is 24.1 Å². The second kappa shape index (κ2) is 10.6. The molecule has 0 aliphatic rings. The molecular formula is C18H21ClF2N2O2. The Morgan fingerprint density at radius 1 is 1.16 bits per heavy atom. The van der Waals surface area contributed by atoms with Gasteiger partial charge in [0.25, 0.3) is 0 Å². The van der Waals surface area contributed by atoms with E-state index >= 15 is 0 Å². The lowest BCUT2D eigenvalue weighted by Crippen LogP contribution is -2.15. The Bertz CT molecular complexity index is 699. The summed E-state index contributed by atoms with van der Waals surface area (Å²) in [5, 5.41) is 5.59. The number of anilines is 1. The van der Waals surface area contributed by atoms with Crippen LogP contribution in [0.4, 0.5) is 14.5 Å². The highest BCUT2D eigenvalue weighted by molar-refractivity contribution is 5.90. The lowest BCUT2D eigenvalue weighted by Gasteiger charge is -2.10. The Hall–Kier alpha value is -2.18. The molecular weight excluding hydrogens is 350 g/mol. The maximum Gasteiger partial charge on any atom is 0.224 e. The fourth-order valence-corrected chi connectivity index (χ4v) is 2.13. The number of carbonyl (C=O) groups is 1. The Balaban J connectivity index is 0.00000312. The van der Waals surface area contributed by atoms with Crippen molar-refractivity contribution in [2.45, 2.75) is 19.4 Å². The smallest absolute Gasteiger partial charge is 0.224 e. The standard InChI is InChI=1S/C18H20F2N2O2.ClH/c1-21-9-3-6-18(23)22-15-7-8-17(16(20)11-15)24-12-13-4-2-5-14(19)10-13;/h2,4-5,7-8,10-11,21H,3,6,9,12H2,1H3,(H,22,23);1H. The van der Waals surface area contributed by atoms with Crippen molar-refractivity contribution in [2.24, 2.45) is 0 Å². The van der Waals surface area contributed by atoms with Gasteiger partial charge >= 0.3 is 0 Å². The SMILES string of the molecule is CNCCCC(=O)Nc1ccc(OCc2cccc(F)c2)c(F)c1.Cl. The fraction of sp³-hybridized carbons (Fsp3) is 0.278. The third-order valence-corrected chi connectivity index (χ3v) is 3.33. The topological polar surface area (TPSA) is 50.4 Å². The van der Waals surface area contributed by atoms with Gasteiger partial charge in [0.05, 0.1) is 0 Å². The van der Waals surface area contributed by atoms with Gasteiger partial charge < -0.3 is 15.4 Å². The maximum absolute atomic E-state index is 14.0. The molecule has 0 heterocycles. The van der Waals surface area contributed by atoms with Crippen LogP contribution >= 0.6 is 12.4 Å². The minimum absolute atomic E-state index is 0. The van der Waals surface area contributed by atoms with E-state index in [4.69, 9.17) is 4.74 Å². The quantitative estimate of drug-likeness (QED) is 0.693. The molecule has 0 atom stereocenters. The van der Waals surface area contributed by atoms with Crippen LogP contribution in [0.2, 0.25) is 0 Å². The van der Waals surface area contributed by atoms with Crippen LogP contribution in [-0.2, 0) is 11.4 Å². The van der Waals surface area contributed by atoms with Crippen LogP contribution in [-0.4, -0.2) is 19.5 Å². The summed E-state index contributed by atoms with van der Waals surface area (Å²) in [7, 11) is 1.82. The Morgan fingerprint density at radius 3 is 2.64 bits per heavy atom. The van der Waals surface area contributed by atoms with Crippen molar-refractivity contribution >= 4 is 24.0 Å². The van der Waals surface area contributed by atoms with E-state index < -0.39 is 5.82 Å². The van der Waals surface area contributed by atoms with Crippen molar-refractivity contribution in [3.05, 3.63) is 59.7 Å². The van der Waals surface area contributed by atoms with Gasteiger partial charge in [-0.1, -0.05) is 12.1 Å². The average molecular weight is 371 g/mol. The van der Waals surface area contributed by atoms with Crippen LogP contribution in [0.25, 0.3) is 0 Å². The second-order valence-electron chi connectivity index (χ2n) is 5.32. The summed E-state index contributed by atoms with van der Waals surface area (Å²) >= 11 is 0. The molecule has 7 heteroatoms. The van der Waals surface area contributed by atoms with E-state index in [-0.39, 0.29) is 36.5 Å². The third kappa shape index (κ3) is 7.07. The molecule has 0 spiro atoms. The van der Waals surface area contributed by atoms with Gasteiger partial charge in [-0.05, 0) is 49.8 Å². The van der Waals surface area contributed by atoms with E-state index in [0.717, 1.165) is 6.54 Å². The minimum Gasteiger partial charge on any atom is -0.486 e. The molecule has 25 heavy (non-hydrogen) atoms. The van der Waals surface area contributed by atoms with E-state index in [1.54, 1.807) is 18.2 Å². The molecule has 136 valence electrons. The number of nitrogens with one attached hydrogen (secondary N) is 2. The number of rotatable bonds is 8. The van der Waals surface area contributed by atoms with Crippen LogP contribution in [0.15, 0.2) is 42.5 Å². The molecule has 2 aromatic carbocycles. The van der Waals surface area contributed by atoms with Crippen LogP contribution in [0.1, 0.15) is 18.4 Å².